The Morgan fingerprint density at radius 3 is 2.89 bits per heavy atom. The molecule has 2 N–H and O–H groups in total. The van der Waals surface area contributed by atoms with Gasteiger partial charge in [0.1, 0.15) is 0 Å². The van der Waals surface area contributed by atoms with Gasteiger partial charge in [0.15, 0.2) is 11.2 Å². The van der Waals surface area contributed by atoms with E-state index in [1.54, 1.807) is 17.7 Å². The molecule has 0 aliphatic heterocycles. The minimum absolute atomic E-state index is 0.324. The van der Waals surface area contributed by atoms with Gasteiger partial charge in [0.05, 0.1) is 0 Å². The molecule has 0 aliphatic rings. The Bertz CT molecular complexity index is 727. The van der Waals surface area contributed by atoms with Gasteiger partial charge in [0.25, 0.3) is 5.56 Å². The molecule has 2 aromatic rings. The van der Waals surface area contributed by atoms with Crippen molar-refractivity contribution in [3.8, 4) is 0 Å². The highest BCUT2D eigenvalue weighted by atomic mass is 35.5. The third kappa shape index (κ3) is 2.28. The molecular weight excluding hydrogens is 270 g/mol. The fourth-order valence-corrected chi connectivity index (χ4v) is 2.00. The summed E-state index contributed by atoms with van der Waals surface area (Å²) in [6.07, 6.45) is 1.67. The van der Waals surface area contributed by atoms with Gasteiger partial charge in [-0.15, -0.1) is 18.2 Å². The van der Waals surface area contributed by atoms with Crippen LogP contribution in [0.25, 0.3) is 11.2 Å². The monoisotopic (exact) mass is 283 g/mol. The molecule has 0 radical (unpaired) electrons. The highest BCUT2D eigenvalue weighted by Crippen LogP contribution is 2.15. The fraction of sp³-hybridized carbons (Fsp3) is 0.364. The molecular formula is C11H14ClN5O2. The Labute approximate surface area is 113 Å². The van der Waals surface area contributed by atoms with E-state index in [4.69, 9.17) is 11.6 Å². The molecule has 0 amide bonds. The summed E-state index contributed by atoms with van der Waals surface area (Å²) in [7, 11) is 1.55. The Kier molecular flexibility index (Phi) is 3.75. The molecule has 2 aromatic heterocycles. The van der Waals surface area contributed by atoms with Crippen LogP contribution in [0.5, 0.6) is 0 Å². The molecule has 0 spiro atoms. The van der Waals surface area contributed by atoms with Gasteiger partial charge >= 0.3 is 5.69 Å². The van der Waals surface area contributed by atoms with E-state index in [-0.39, 0.29) is 0 Å². The summed E-state index contributed by atoms with van der Waals surface area (Å²) in [4.78, 5) is 30.0. The number of nitrogens with zero attached hydrogens (tertiary/aromatic N) is 3. The fourth-order valence-electron chi connectivity index (χ4n) is 1.84. The van der Waals surface area contributed by atoms with Gasteiger partial charge in [0, 0.05) is 26.0 Å². The summed E-state index contributed by atoms with van der Waals surface area (Å²) in [6.45, 7) is 4.52. The zero-order valence-corrected chi connectivity index (χ0v) is 11.2. The summed E-state index contributed by atoms with van der Waals surface area (Å²) < 4.78 is 2.95. The van der Waals surface area contributed by atoms with E-state index in [0.29, 0.717) is 36.1 Å². The van der Waals surface area contributed by atoms with E-state index in [0.717, 1.165) is 0 Å². The lowest BCUT2D eigenvalue weighted by Gasteiger charge is -2.06. The minimum atomic E-state index is -0.497. The van der Waals surface area contributed by atoms with Crippen LogP contribution in [-0.4, -0.2) is 31.5 Å². The predicted octanol–water partition coefficient (Wildman–Crippen LogP) is 0.260. The van der Waals surface area contributed by atoms with Crippen LogP contribution in [0.3, 0.4) is 0 Å². The number of H-pyrrole nitrogens is 1. The number of alkyl halides is 1. The molecule has 19 heavy (non-hydrogen) atoms. The smallest absolute Gasteiger partial charge is 0.329 e. The molecule has 0 bridgehead atoms. The Morgan fingerprint density at radius 2 is 2.26 bits per heavy atom. The lowest BCUT2D eigenvalue weighted by Crippen LogP contribution is -2.29. The maximum Gasteiger partial charge on any atom is 0.329 e. The van der Waals surface area contributed by atoms with Crippen LogP contribution < -0.4 is 16.6 Å². The van der Waals surface area contributed by atoms with Crippen LogP contribution >= 0.6 is 11.6 Å². The predicted molar refractivity (Wildman–Crippen MR) is 75.0 cm³/mol. The standard InChI is InChI=1S/C11H14ClN5O2/c1-3-5-13-10-14-8-7(17(10)6-4-12)9(18)15-11(19)16(8)2/h3H,1,4-6H2,2H3,(H,13,14)(H,15,18,19). The van der Waals surface area contributed by atoms with E-state index in [1.165, 1.54) is 4.57 Å². The third-order valence-electron chi connectivity index (χ3n) is 2.72. The Balaban J connectivity index is 2.76. The van der Waals surface area contributed by atoms with E-state index in [1.807, 2.05) is 0 Å². The number of aryl methyl sites for hydroxylation is 2. The van der Waals surface area contributed by atoms with Crippen LogP contribution in [0, 0.1) is 0 Å². The normalized spacial score (nSPS) is 10.8. The van der Waals surface area contributed by atoms with E-state index in [2.05, 4.69) is 21.9 Å². The second-order valence-corrected chi connectivity index (χ2v) is 4.31. The van der Waals surface area contributed by atoms with Crippen LogP contribution in [0.1, 0.15) is 0 Å². The molecule has 0 saturated carbocycles. The zero-order chi connectivity index (χ0) is 14.0. The first-order valence-corrected chi connectivity index (χ1v) is 6.24. The van der Waals surface area contributed by atoms with Crippen LogP contribution in [0.15, 0.2) is 22.2 Å². The highest BCUT2D eigenvalue weighted by molar-refractivity contribution is 6.17. The molecule has 102 valence electrons. The molecule has 7 nitrogen and oxygen atoms in total. The number of halogens is 1. The summed E-state index contributed by atoms with van der Waals surface area (Å²) in [5, 5.41) is 3.02. The second-order valence-electron chi connectivity index (χ2n) is 3.94. The van der Waals surface area contributed by atoms with Crippen molar-refractivity contribution in [2.45, 2.75) is 6.54 Å². The quantitative estimate of drug-likeness (QED) is 0.609. The number of anilines is 1. The van der Waals surface area contributed by atoms with Crippen molar-refractivity contribution in [3.05, 3.63) is 33.5 Å². The van der Waals surface area contributed by atoms with Gasteiger partial charge in [-0.25, -0.2) is 4.79 Å². The highest BCUT2D eigenvalue weighted by Gasteiger charge is 2.16. The molecule has 2 rings (SSSR count). The van der Waals surface area contributed by atoms with Crippen molar-refractivity contribution in [1.29, 1.82) is 0 Å². The number of hydrogen-bond donors (Lipinski definition) is 2. The minimum Gasteiger partial charge on any atom is -0.352 e. The molecule has 0 unspecified atom stereocenters. The number of fused-ring (bicyclic) bond motifs is 1. The van der Waals surface area contributed by atoms with Crippen molar-refractivity contribution in [2.75, 3.05) is 17.7 Å². The number of aromatic amines is 1. The third-order valence-corrected chi connectivity index (χ3v) is 2.89. The lowest BCUT2D eigenvalue weighted by atomic mass is 10.5. The molecule has 0 fully saturated rings. The number of imidazole rings is 1. The number of aromatic nitrogens is 4. The first-order chi connectivity index (χ1) is 9.10. The van der Waals surface area contributed by atoms with Gasteiger partial charge in [-0.05, 0) is 0 Å². The largest absolute Gasteiger partial charge is 0.352 e. The lowest BCUT2D eigenvalue weighted by molar-refractivity contribution is 0.786. The van der Waals surface area contributed by atoms with E-state index < -0.39 is 11.2 Å². The summed E-state index contributed by atoms with van der Waals surface area (Å²) >= 11 is 5.75. The van der Waals surface area contributed by atoms with E-state index >= 15 is 0 Å². The van der Waals surface area contributed by atoms with Crippen molar-refractivity contribution >= 4 is 28.7 Å². The van der Waals surface area contributed by atoms with Crippen LogP contribution in [0.2, 0.25) is 0 Å². The van der Waals surface area contributed by atoms with Gasteiger partial charge < -0.3 is 9.88 Å². The zero-order valence-electron chi connectivity index (χ0n) is 10.4. The van der Waals surface area contributed by atoms with Gasteiger partial charge in [-0.2, -0.15) is 4.98 Å². The van der Waals surface area contributed by atoms with Crippen molar-refractivity contribution in [3.63, 3.8) is 0 Å². The average Bonchev–Trinajstić information content (AvgIpc) is 2.74. The van der Waals surface area contributed by atoms with E-state index in [9.17, 15) is 9.59 Å². The first kappa shape index (κ1) is 13.4. The molecule has 0 atom stereocenters. The van der Waals surface area contributed by atoms with Crippen LogP contribution in [0.4, 0.5) is 5.95 Å². The van der Waals surface area contributed by atoms with Crippen molar-refractivity contribution in [1.82, 2.24) is 19.1 Å². The average molecular weight is 284 g/mol. The molecule has 0 aromatic carbocycles. The van der Waals surface area contributed by atoms with Gasteiger partial charge in [-0.3, -0.25) is 14.3 Å². The Hall–Kier alpha value is -2.02. The topological polar surface area (TPSA) is 84.7 Å². The number of nitrogens with one attached hydrogen (secondary N) is 2. The Morgan fingerprint density at radius 1 is 1.53 bits per heavy atom. The van der Waals surface area contributed by atoms with Gasteiger partial charge in [0.2, 0.25) is 5.95 Å². The molecule has 0 saturated heterocycles. The summed E-state index contributed by atoms with van der Waals surface area (Å²) in [5.41, 5.74) is -0.314. The summed E-state index contributed by atoms with van der Waals surface area (Å²) in [6, 6.07) is 0. The number of hydrogen-bond acceptors (Lipinski definition) is 4. The van der Waals surface area contributed by atoms with Crippen LogP contribution in [-0.2, 0) is 13.6 Å². The van der Waals surface area contributed by atoms with Crippen molar-refractivity contribution in [2.24, 2.45) is 7.05 Å². The first-order valence-electron chi connectivity index (χ1n) is 5.70. The summed E-state index contributed by atoms with van der Waals surface area (Å²) in [5.74, 6) is 0.818. The van der Waals surface area contributed by atoms with Gasteiger partial charge in [-0.1, -0.05) is 6.08 Å². The molecule has 0 aliphatic carbocycles. The maximum atomic E-state index is 11.9. The molecule has 2 heterocycles. The second kappa shape index (κ2) is 5.31. The SMILES string of the molecule is C=CCNc1nc2c(c(=O)[nH]c(=O)n2C)n1CCCl. The number of rotatable bonds is 5. The maximum absolute atomic E-state index is 11.9. The molecule has 8 heteroatoms. The van der Waals surface area contributed by atoms with Crippen molar-refractivity contribution < 1.29 is 0 Å².